The monoisotopic (exact) mass is 611 g/mol. The third kappa shape index (κ3) is 6.24. The van der Waals surface area contributed by atoms with Gasteiger partial charge in [-0.1, -0.05) is 48.5 Å². The zero-order valence-corrected chi connectivity index (χ0v) is 24.8. The maximum Gasteiger partial charge on any atom is 0.455 e. The van der Waals surface area contributed by atoms with Crippen LogP contribution in [0, 0.1) is 17.8 Å². The van der Waals surface area contributed by atoms with Gasteiger partial charge in [0.2, 0.25) is 11.8 Å². The number of furan rings is 1. The van der Waals surface area contributed by atoms with Gasteiger partial charge in [0.25, 0.3) is 0 Å². The lowest BCUT2D eigenvalue weighted by Gasteiger charge is -2.43. The van der Waals surface area contributed by atoms with Crippen molar-refractivity contribution in [2.75, 3.05) is 13.7 Å². The average Bonchev–Trinajstić information content (AvgIpc) is 3.63. The molecule has 0 saturated carbocycles. The molecular formula is C34H34BNO9. The summed E-state index contributed by atoms with van der Waals surface area (Å²) in [4.78, 5) is 40.0. The number of fused-ring (bicyclic) bond motifs is 3. The number of imide groups is 3. The molecule has 2 fully saturated rings. The van der Waals surface area contributed by atoms with Crippen LogP contribution >= 0.6 is 0 Å². The first-order valence-electron chi connectivity index (χ1n) is 15.0. The summed E-state index contributed by atoms with van der Waals surface area (Å²) >= 11 is 0. The largest absolute Gasteiger partial charge is 0.489 e. The molecule has 3 amide bonds. The smallest absolute Gasteiger partial charge is 0.455 e. The van der Waals surface area contributed by atoms with Gasteiger partial charge in [0.1, 0.15) is 30.5 Å². The number of nitrogens with zero attached hydrogens (tertiary/aromatic N) is 1. The lowest BCUT2D eigenvalue weighted by Crippen LogP contribution is -2.46. The quantitative estimate of drug-likeness (QED) is 0.200. The van der Waals surface area contributed by atoms with Crippen molar-refractivity contribution in [3.8, 4) is 5.75 Å². The molecule has 0 bridgehead atoms. The summed E-state index contributed by atoms with van der Waals surface area (Å²) in [5, 5.41) is 20.4. The molecule has 3 heterocycles. The molecule has 1 aromatic heterocycles. The molecule has 4 atom stereocenters. The van der Waals surface area contributed by atoms with Gasteiger partial charge in [-0.2, -0.15) is 4.90 Å². The van der Waals surface area contributed by atoms with Crippen LogP contribution in [-0.2, 0) is 25.6 Å². The number of carbonyl (C=O) groups excluding carboxylic acids is 3. The Morgan fingerprint density at radius 3 is 2.44 bits per heavy atom. The van der Waals surface area contributed by atoms with E-state index in [1.807, 2.05) is 66.7 Å². The maximum absolute atomic E-state index is 13.6. The summed E-state index contributed by atoms with van der Waals surface area (Å²) in [6.45, 7) is -0.0467. The number of hydrogen-bond donors (Lipinski definition) is 2. The van der Waals surface area contributed by atoms with Gasteiger partial charge in [-0.3, -0.25) is 9.59 Å². The van der Waals surface area contributed by atoms with Gasteiger partial charge < -0.3 is 28.7 Å². The molecule has 3 aliphatic rings. The Kier molecular flexibility index (Phi) is 9.02. The molecule has 0 spiro atoms. The molecular weight excluding hydrogens is 577 g/mol. The highest BCUT2D eigenvalue weighted by atomic mass is 16.5. The van der Waals surface area contributed by atoms with Crippen LogP contribution in [0.1, 0.15) is 36.3 Å². The first kappa shape index (κ1) is 30.6. The maximum atomic E-state index is 13.6. The van der Waals surface area contributed by atoms with Gasteiger partial charge >= 0.3 is 13.2 Å². The zero-order chi connectivity index (χ0) is 31.5. The number of hydrogen-bond acceptors (Lipinski definition) is 9. The van der Waals surface area contributed by atoms with E-state index in [9.17, 15) is 24.5 Å². The van der Waals surface area contributed by atoms with E-state index in [1.165, 1.54) is 0 Å². The highest BCUT2D eigenvalue weighted by Crippen LogP contribution is 2.51. The second kappa shape index (κ2) is 13.3. The third-order valence-corrected chi connectivity index (χ3v) is 8.80. The molecule has 0 unspecified atom stereocenters. The molecule has 10 nitrogen and oxygen atoms in total. The first-order valence-corrected chi connectivity index (χ1v) is 15.0. The second-order valence-corrected chi connectivity index (χ2v) is 11.4. The summed E-state index contributed by atoms with van der Waals surface area (Å²) in [5.74, 6) is -1.63. The second-order valence-electron chi connectivity index (χ2n) is 11.4. The Labute approximate surface area is 261 Å². The van der Waals surface area contributed by atoms with Crippen LogP contribution in [0.4, 0.5) is 4.79 Å². The minimum absolute atomic E-state index is 0.105. The number of carbonyl (C=O) groups is 3. The van der Waals surface area contributed by atoms with Crippen LogP contribution in [0.2, 0.25) is 6.32 Å². The van der Waals surface area contributed by atoms with Crippen molar-refractivity contribution >= 4 is 36.7 Å². The topological polar surface area (TPSA) is 136 Å². The van der Waals surface area contributed by atoms with Crippen LogP contribution in [0.25, 0.3) is 11.6 Å². The molecule has 6 rings (SSSR count). The number of likely N-dealkylation sites (tertiary alicyclic amines) is 1. The van der Waals surface area contributed by atoms with E-state index < -0.39 is 48.9 Å². The van der Waals surface area contributed by atoms with Gasteiger partial charge in [-0.15, -0.1) is 0 Å². The number of rotatable bonds is 9. The molecule has 232 valence electrons. The van der Waals surface area contributed by atoms with E-state index in [4.69, 9.17) is 18.5 Å². The number of aliphatic hydroxyl groups excluding tert-OH is 1. The van der Waals surface area contributed by atoms with Crippen molar-refractivity contribution in [3.05, 3.63) is 101 Å². The van der Waals surface area contributed by atoms with Crippen LogP contribution in [0.3, 0.4) is 0 Å². The average molecular weight is 611 g/mol. The van der Waals surface area contributed by atoms with Gasteiger partial charge in [0, 0.05) is 0 Å². The minimum Gasteiger partial charge on any atom is -0.489 e. The number of amides is 3. The Balaban J connectivity index is 1.35. The SMILES string of the molecule is COC(=O)N1C(=O)[C@@H]2[C@@H](CC(COc3ccccc3)=C3[C@@H](CC/C(=C/c4ccc(CO)o4)c4ccccc4)OB(O)C[C@@H]32)C1=O. The number of allylic oxidation sites excluding steroid dienone is 1. The lowest BCUT2D eigenvalue weighted by atomic mass is 9.58. The van der Waals surface area contributed by atoms with Gasteiger partial charge in [0.15, 0.2) is 0 Å². The summed E-state index contributed by atoms with van der Waals surface area (Å²) in [6, 6.07) is 22.6. The van der Waals surface area contributed by atoms with E-state index in [1.54, 1.807) is 12.1 Å². The minimum atomic E-state index is -1.17. The van der Waals surface area contributed by atoms with Crippen LogP contribution in [0.15, 0.2) is 88.4 Å². The highest BCUT2D eigenvalue weighted by Gasteiger charge is 2.59. The molecule has 1 aliphatic carbocycles. The summed E-state index contributed by atoms with van der Waals surface area (Å²) in [7, 11) is -0.0391. The Hall–Kier alpha value is -4.45. The van der Waals surface area contributed by atoms with E-state index in [2.05, 4.69) is 0 Å². The molecule has 45 heavy (non-hydrogen) atoms. The number of methoxy groups -OCH3 is 1. The Bertz CT molecular complexity index is 1620. The normalized spacial score (nSPS) is 23.2. The van der Waals surface area contributed by atoms with E-state index in [0.29, 0.717) is 35.0 Å². The fourth-order valence-electron chi connectivity index (χ4n) is 6.82. The Morgan fingerprint density at radius 1 is 1.02 bits per heavy atom. The van der Waals surface area contributed by atoms with E-state index >= 15 is 0 Å². The van der Waals surface area contributed by atoms with E-state index in [0.717, 1.165) is 29.4 Å². The number of para-hydroxylation sites is 1. The summed E-state index contributed by atoms with van der Waals surface area (Å²) < 4.78 is 22.8. The summed E-state index contributed by atoms with van der Waals surface area (Å²) in [5.41, 5.74) is 3.58. The predicted octanol–water partition coefficient (Wildman–Crippen LogP) is 4.74. The zero-order valence-electron chi connectivity index (χ0n) is 24.8. The van der Waals surface area contributed by atoms with Crippen molar-refractivity contribution in [2.45, 2.75) is 38.3 Å². The van der Waals surface area contributed by atoms with Crippen molar-refractivity contribution in [1.29, 1.82) is 0 Å². The molecule has 2 aromatic carbocycles. The third-order valence-electron chi connectivity index (χ3n) is 8.80. The molecule has 11 heteroatoms. The van der Waals surface area contributed by atoms with Crippen molar-refractivity contribution < 1.29 is 43.1 Å². The Morgan fingerprint density at radius 2 is 1.76 bits per heavy atom. The predicted molar refractivity (Wildman–Crippen MR) is 164 cm³/mol. The first-order chi connectivity index (χ1) is 21.9. The fraction of sp³-hybridized carbons (Fsp3) is 0.324. The van der Waals surface area contributed by atoms with Gasteiger partial charge in [-0.05, 0) is 84.1 Å². The number of ether oxygens (including phenoxy) is 2. The number of aliphatic hydroxyl groups is 1. The standard InChI is InChI=1S/C34H34BNO9/c1-42-34(40)36-32(38)27-17-23(20-43-24-10-6-3-7-11-24)30-28(31(27)33(36)39)18-35(41)45-29(30)15-12-22(21-8-4-2-5-9-21)16-25-13-14-26(19-37)44-25/h2-11,13-14,16,27-29,31,37,41H,12,15,17-20H2,1H3/b22-16-/t27-,28+,29-,31-/m1/s1. The van der Waals surface area contributed by atoms with Gasteiger partial charge in [0.05, 0.1) is 25.0 Å². The molecule has 2 N–H and O–H groups in total. The summed E-state index contributed by atoms with van der Waals surface area (Å²) in [6.07, 6.45) is 1.63. The molecule has 3 aromatic rings. The fourth-order valence-corrected chi connectivity index (χ4v) is 6.82. The van der Waals surface area contributed by atoms with Crippen LogP contribution in [0.5, 0.6) is 5.75 Å². The highest BCUT2D eigenvalue weighted by molar-refractivity contribution is 6.43. The molecule has 2 saturated heterocycles. The molecule has 0 radical (unpaired) electrons. The van der Waals surface area contributed by atoms with Crippen molar-refractivity contribution in [2.24, 2.45) is 17.8 Å². The molecule has 2 aliphatic heterocycles. The van der Waals surface area contributed by atoms with E-state index in [-0.39, 0.29) is 26.0 Å². The van der Waals surface area contributed by atoms with Crippen molar-refractivity contribution in [1.82, 2.24) is 4.90 Å². The number of benzene rings is 2. The van der Waals surface area contributed by atoms with Crippen LogP contribution in [-0.4, -0.2) is 59.9 Å². The lowest BCUT2D eigenvalue weighted by molar-refractivity contribution is -0.137. The van der Waals surface area contributed by atoms with Crippen molar-refractivity contribution in [3.63, 3.8) is 0 Å². The van der Waals surface area contributed by atoms with Crippen LogP contribution < -0.4 is 4.74 Å². The van der Waals surface area contributed by atoms with Gasteiger partial charge in [-0.25, -0.2) is 4.79 Å².